The fraction of sp³-hybridized carbons (Fsp3) is 0.667. The molecule has 0 saturated carbocycles. The lowest BCUT2D eigenvalue weighted by atomic mass is 9.95. The molecule has 1 N–H and O–H groups in total. The number of hydrogen-bond acceptors (Lipinski definition) is 4. The predicted molar refractivity (Wildman–Crippen MR) is 84.2 cm³/mol. The van der Waals surface area contributed by atoms with Crippen molar-refractivity contribution < 1.29 is 0 Å². The summed E-state index contributed by atoms with van der Waals surface area (Å²) in [6.45, 7) is 10.1. The van der Waals surface area contributed by atoms with E-state index in [9.17, 15) is 0 Å². The maximum absolute atomic E-state index is 4.71. The Morgan fingerprint density at radius 1 is 1.55 bits per heavy atom. The van der Waals surface area contributed by atoms with Crippen molar-refractivity contribution in [1.29, 1.82) is 0 Å². The highest BCUT2D eigenvalue weighted by Gasteiger charge is 2.28. The number of nitrogens with zero attached hydrogens (tertiary/aromatic N) is 3. The molecule has 110 valence electrons. The first kappa shape index (κ1) is 14.0. The first-order chi connectivity index (χ1) is 9.67. The standard InChI is InChI=1S/C15H24N4S/c1-4-11(2)14-10-19(12(3)7-16-14)9-13-8-18-5-6-20-15(18)17-13/h5-6,8,11-12,14,16H,4,7,9-10H2,1-3H3. The molecule has 0 aliphatic carbocycles. The molecule has 4 nitrogen and oxygen atoms in total. The molecule has 1 saturated heterocycles. The Balaban J connectivity index is 1.69. The zero-order valence-corrected chi connectivity index (χ0v) is 13.4. The highest BCUT2D eigenvalue weighted by Crippen LogP contribution is 2.19. The fourth-order valence-corrected chi connectivity index (χ4v) is 3.61. The van der Waals surface area contributed by atoms with E-state index in [-0.39, 0.29) is 0 Å². The van der Waals surface area contributed by atoms with Crippen LogP contribution < -0.4 is 5.32 Å². The highest BCUT2D eigenvalue weighted by atomic mass is 32.1. The summed E-state index contributed by atoms with van der Waals surface area (Å²) in [5.74, 6) is 0.732. The van der Waals surface area contributed by atoms with E-state index >= 15 is 0 Å². The van der Waals surface area contributed by atoms with Crippen LogP contribution in [0.1, 0.15) is 32.9 Å². The van der Waals surface area contributed by atoms with Gasteiger partial charge in [-0.15, -0.1) is 11.3 Å². The van der Waals surface area contributed by atoms with Gasteiger partial charge in [0.15, 0.2) is 4.96 Å². The number of rotatable bonds is 4. The van der Waals surface area contributed by atoms with E-state index < -0.39 is 0 Å². The first-order valence-corrected chi connectivity index (χ1v) is 8.44. The summed E-state index contributed by atoms with van der Waals surface area (Å²) >= 11 is 1.70. The normalized spacial score (nSPS) is 26.1. The number of fused-ring (bicyclic) bond motifs is 1. The number of piperazine rings is 1. The zero-order valence-electron chi connectivity index (χ0n) is 12.5. The van der Waals surface area contributed by atoms with Crippen molar-refractivity contribution in [2.24, 2.45) is 5.92 Å². The van der Waals surface area contributed by atoms with E-state index in [0.29, 0.717) is 12.1 Å². The van der Waals surface area contributed by atoms with Crippen molar-refractivity contribution in [1.82, 2.24) is 19.6 Å². The molecule has 0 bridgehead atoms. The van der Waals surface area contributed by atoms with Crippen LogP contribution in [0.2, 0.25) is 0 Å². The summed E-state index contributed by atoms with van der Waals surface area (Å²) in [7, 11) is 0. The number of imidazole rings is 1. The van der Waals surface area contributed by atoms with E-state index in [0.717, 1.165) is 30.5 Å². The molecule has 0 amide bonds. The van der Waals surface area contributed by atoms with Crippen molar-refractivity contribution in [2.75, 3.05) is 13.1 Å². The molecule has 3 rings (SSSR count). The minimum absolute atomic E-state index is 0.579. The van der Waals surface area contributed by atoms with Crippen LogP contribution in [0.3, 0.4) is 0 Å². The third-order valence-electron chi connectivity index (χ3n) is 4.57. The summed E-state index contributed by atoms with van der Waals surface area (Å²) in [5.41, 5.74) is 1.19. The lowest BCUT2D eigenvalue weighted by molar-refractivity contribution is 0.110. The molecule has 3 heterocycles. The number of hydrogen-bond donors (Lipinski definition) is 1. The molecule has 0 radical (unpaired) electrons. The summed E-state index contributed by atoms with van der Waals surface area (Å²) in [4.78, 5) is 8.38. The summed E-state index contributed by atoms with van der Waals surface area (Å²) in [5, 5.41) is 5.77. The van der Waals surface area contributed by atoms with Gasteiger partial charge >= 0.3 is 0 Å². The Labute approximate surface area is 124 Å². The fourth-order valence-electron chi connectivity index (χ4n) is 2.89. The summed E-state index contributed by atoms with van der Waals surface area (Å²) < 4.78 is 2.12. The largest absolute Gasteiger partial charge is 0.311 e. The number of nitrogens with one attached hydrogen (secondary N) is 1. The Morgan fingerprint density at radius 3 is 3.15 bits per heavy atom. The van der Waals surface area contributed by atoms with Gasteiger partial charge < -0.3 is 5.32 Å². The van der Waals surface area contributed by atoms with Crippen LogP contribution in [0, 0.1) is 5.92 Å². The minimum Gasteiger partial charge on any atom is -0.311 e. The Kier molecular flexibility index (Phi) is 4.10. The van der Waals surface area contributed by atoms with Crippen molar-refractivity contribution in [2.45, 2.75) is 45.8 Å². The van der Waals surface area contributed by atoms with E-state index in [1.807, 2.05) is 0 Å². The Bertz CT molecular complexity index is 532. The van der Waals surface area contributed by atoms with Crippen LogP contribution in [0.15, 0.2) is 17.8 Å². The van der Waals surface area contributed by atoms with Crippen molar-refractivity contribution in [3.05, 3.63) is 23.5 Å². The van der Waals surface area contributed by atoms with Gasteiger partial charge in [0.05, 0.1) is 5.69 Å². The van der Waals surface area contributed by atoms with Gasteiger partial charge in [0.25, 0.3) is 0 Å². The van der Waals surface area contributed by atoms with Crippen LogP contribution in [0.5, 0.6) is 0 Å². The van der Waals surface area contributed by atoms with Crippen LogP contribution in [-0.2, 0) is 6.54 Å². The van der Waals surface area contributed by atoms with Gasteiger partial charge in [0, 0.05) is 49.5 Å². The Morgan fingerprint density at radius 2 is 2.40 bits per heavy atom. The average molecular weight is 292 g/mol. The molecule has 3 unspecified atom stereocenters. The van der Waals surface area contributed by atoms with Gasteiger partial charge in [-0.05, 0) is 12.8 Å². The SMILES string of the molecule is CCC(C)C1CN(Cc2cn3ccsc3n2)C(C)CN1. The lowest BCUT2D eigenvalue weighted by Crippen LogP contribution is -2.56. The van der Waals surface area contributed by atoms with Crippen LogP contribution >= 0.6 is 11.3 Å². The van der Waals surface area contributed by atoms with Gasteiger partial charge in [-0.2, -0.15) is 0 Å². The molecule has 20 heavy (non-hydrogen) atoms. The molecule has 1 fully saturated rings. The molecular formula is C15H24N4S. The average Bonchev–Trinajstić information content (AvgIpc) is 3.01. The quantitative estimate of drug-likeness (QED) is 0.940. The highest BCUT2D eigenvalue weighted by molar-refractivity contribution is 7.15. The summed E-state index contributed by atoms with van der Waals surface area (Å²) in [6.07, 6.45) is 5.48. The number of thiazole rings is 1. The zero-order chi connectivity index (χ0) is 14.1. The molecule has 2 aromatic heterocycles. The molecule has 0 spiro atoms. The summed E-state index contributed by atoms with van der Waals surface area (Å²) in [6, 6.07) is 1.19. The predicted octanol–water partition coefficient (Wildman–Crippen LogP) is 2.60. The third-order valence-corrected chi connectivity index (χ3v) is 5.34. The van der Waals surface area contributed by atoms with E-state index in [1.54, 1.807) is 11.3 Å². The molecule has 2 aromatic rings. The molecule has 1 aliphatic rings. The second-order valence-electron chi connectivity index (χ2n) is 6.00. The van der Waals surface area contributed by atoms with E-state index in [4.69, 9.17) is 4.98 Å². The van der Waals surface area contributed by atoms with Crippen molar-refractivity contribution >= 4 is 16.3 Å². The maximum atomic E-state index is 4.71. The second-order valence-corrected chi connectivity index (χ2v) is 6.88. The maximum Gasteiger partial charge on any atom is 0.193 e. The van der Waals surface area contributed by atoms with Gasteiger partial charge in [-0.25, -0.2) is 4.98 Å². The van der Waals surface area contributed by atoms with Gasteiger partial charge in [-0.3, -0.25) is 9.30 Å². The molecule has 0 aromatic carbocycles. The molecular weight excluding hydrogens is 268 g/mol. The van der Waals surface area contributed by atoms with Gasteiger partial charge in [0.2, 0.25) is 0 Å². The van der Waals surface area contributed by atoms with Crippen LogP contribution in [0.4, 0.5) is 0 Å². The first-order valence-electron chi connectivity index (χ1n) is 7.56. The third kappa shape index (κ3) is 2.75. The topological polar surface area (TPSA) is 32.6 Å². The van der Waals surface area contributed by atoms with Gasteiger partial charge in [0.1, 0.15) is 0 Å². The van der Waals surface area contributed by atoms with E-state index in [1.165, 1.54) is 12.1 Å². The minimum atomic E-state index is 0.579. The van der Waals surface area contributed by atoms with Crippen LogP contribution in [0.25, 0.3) is 4.96 Å². The van der Waals surface area contributed by atoms with Gasteiger partial charge in [-0.1, -0.05) is 20.3 Å². The monoisotopic (exact) mass is 292 g/mol. The number of aromatic nitrogens is 2. The molecule has 1 aliphatic heterocycles. The lowest BCUT2D eigenvalue weighted by Gasteiger charge is -2.40. The van der Waals surface area contributed by atoms with Crippen LogP contribution in [-0.4, -0.2) is 39.5 Å². The Hall–Kier alpha value is -0.910. The van der Waals surface area contributed by atoms with E-state index in [2.05, 4.69) is 53.2 Å². The molecule has 5 heteroatoms. The second kappa shape index (κ2) is 5.84. The smallest absolute Gasteiger partial charge is 0.193 e. The molecule has 3 atom stereocenters. The van der Waals surface area contributed by atoms with Crippen molar-refractivity contribution in [3.8, 4) is 0 Å². The van der Waals surface area contributed by atoms with Crippen molar-refractivity contribution in [3.63, 3.8) is 0 Å².